The Morgan fingerprint density at radius 1 is 1.56 bits per heavy atom. The minimum Gasteiger partial charge on any atom is -0.381 e. The van der Waals surface area contributed by atoms with Gasteiger partial charge in [0.1, 0.15) is 0 Å². The molecule has 0 aromatic carbocycles. The van der Waals surface area contributed by atoms with E-state index in [4.69, 9.17) is 4.74 Å². The molecule has 0 spiro atoms. The summed E-state index contributed by atoms with van der Waals surface area (Å²) in [5, 5.41) is 0. The second kappa shape index (κ2) is 7.11. The first-order valence-corrected chi connectivity index (χ1v) is 2.60. The van der Waals surface area contributed by atoms with Crippen LogP contribution >= 0.6 is 0 Å². The van der Waals surface area contributed by atoms with Gasteiger partial charge in [0, 0.05) is 7.11 Å². The smallest absolute Gasteiger partial charge is 0.225 e. The predicted molar refractivity (Wildman–Crippen MR) is 35.8 cm³/mol. The first kappa shape index (κ1) is 8.11. The topological polar surface area (TPSA) is 26.3 Å². The van der Waals surface area contributed by atoms with Gasteiger partial charge in [-0.2, -0.15) is 0 Å². The van der Waals surface area contributed by atoms with Crippen LogP contribution in [0, 0.1) is 0 Å². The molecule has 0 atom stereocenters. The Morgan fingerprint density at radius 2 is 2.33 bits per heavy atom. The van der Waals surface area contributed by atoms with Crippen molar-refractivity contribution < 1.29 is 9.53 Å². The Hall–Kier alpha value is -0.890. The molecule has 0 aromatic heterocycles. The third-order valence-corrected chi connectivity index (χ3v) is 0.674. The van der Waals surface area contributed by atoms with E-state index in [0.717, 1.165) is 0 Å². The first-order chi connectivity index (χ1) is 4.41. The van der Waals surface area contributed by atoms with Gasteiger partial charge in [0.25, 0.3) is 0 Å². The summed E-state index contributed by atoms with van der Waals surface area (Å²) in [6, 6.07) is 0. The maximum atomic E-state index is 9.56. The van der Waals surface area contributed by atoms with Gasteiger partial charge in [-0.05, 0) is 6.08 Å². The van der Waals surface area contributed by atoms with Crippen LogP contribution in [0.3, 0.4) is 0 Å². The number of allylic oxidation sites excluding steroid dienone is 3. The van der Waals surface area contributed by atoms with Gasteiger partial charge in [-0.25, -0.2) is 0 Å². The summed E-state index contributed by atoms with van der Waals surface area (Å²) in [5.74, 6) is 0. The Bertz CT molecular complexity index is 114. The molecule has 0 aliphatic carbocycles. The monoisotopic (exact) mass is 125 g/mol. The highest BCUT2D eigenvalue weighted by molar-refractivity contribution is 5.66. The highest BCUT2D eigenvalue weighted by Gasteiger charge is 1.67. The lowest BCUT2D eigenvalue weighted by molar-refractivity contribution is 0.234. The molecule has 49 valence electrons. The summed E-state index contributed by atoms with van der Waals surface area (Å²) in [6.45, 7) is 0.573. The van der Waals surface area contributed by atoms with Crippen LogP contribution in [0.1, 0.15) is 0 Å². The summed E-state index contributed by atoms with van der Waals surface area (Å²) in [7, 11) is 1.61. The van der Waals surface area contributed by atoms with Crippen LogP contribution in [0.4, 0.5) is 0 Å². The lowest BCUT2D eigenvalue weighted by atomic mass is 10.4. The molecule has 0 saturated carbocycles. The summed E-state index contributed by atoms with van der Waals surface area (Å²) in [5.41, 5.74) is 0. The van der Waals surface area contributed by atoms with Crippen LogP contribution in [0.25, 0.3) is 0 Å². The van der Waals surface area contributed by atoms with Crippen molar-refractivity contribution in [2.45, 2.75) is 0 Å². The standard InChI is InChI=1S/C7H9O2/c1-9-7-5-3-2-4-6-8/h2-5H,7H2,1H3. The molecule has 0 rings (SSSR count). The van der Waals surface area contributed by atoms with Gasteiger partial charge in [-0.15, -0.1) is 0 Å². The molecule has 1 radical (unpaired) electrons. The third kappa shape index (κ3) is 7.11. The highest BCUT2D eigenvalue weighted by Crippen LogP contribution is 1.75. The van der Waals surface area contributed by atoms with Gasteiger partial charge in [-0.1, -0.05) is 18.2 Å². The van der Waals surface area contributed by atoms with Crippen molar-refractivity contribution in [3.8, 4) is 0 Å². The van der Waals surface area contributed by atoms with Gasteiger partial charge in [-0.3, -0.25) is 4.79 Å². The fourth-order valence-corrected chi connectivity index (χ4v) is 0.325. The molecule has 0 unspecified atom stereocenters. The van der Waals surface area contributed by atoms with Crippen LogP contribution in [-0.2, 0) is 9.53 Å². The minimum atomic E-state index is 0.573. The van der Waals surface area contributed by atoms with Gasteiger partial charge in [0.05, 0.1) is 6.61 Å². The normalized spacial score (nSPS) is 11.2. The number of rotatable bonds is 4. The number of hydrogen-bond donors (Lipinski definition) is 0. The van der Waals surface area contributed by atoms with E-state index in [1.165, 1.54) is 6.08 Å². The molecule has 0 fully saturated rings. The molecule has 2 nitrogen and oxygen atoms in total. The highest BCUT2D eigenvalue weighted by atomic mass is 16.5. The lowest BCUT2D eigenvalue weighted by Gasteiger charge is -1.82. The molecule has 0 aliphatic rings. The van der Waals surface area contributed by atoms with E-state index in [2.05, 4.69) is 0 Å². The van der Waals surface area contributed by atoms with Gasteiger partial charge in [0.15, 0.2) is 0 Å². The molecule has 9 heavy (non-hydrogen) atoms. The van der Waals surface area contributed by atoms with E-state index in [-0.39, 0.29) is 0 Å². The molecule has 0 aliphatic heterocycles. The van der Waals surface area contributed by atoms with Crippen LogP contribution in [0.5, 0.6) is 0 Å². The average Bonchev–Trinajstić information content (AvgIpc) is 1.89. The van der Waals surface area contributed by atoms with Crippen molar-refractivity contribution in [3.05, 3.63) is 24.3 Å². The van der Waals surface area contributed by atoms with Gasteiger partial charge >= 0.3 is 0 Å². The Balaban J connectivity index is 3.23. The van der Waals surface area contributed by atoms with E-state index in [9.17, 15) is 4.79 Å². The van der Waals surface area contributed by atoms with Crippen LogP contribution in [0.15, 0.2) is 24.3 Å². The minimum absolute atomic E-state index is 0.573. The zero-order valence-corrected chi connectivity index (χ0v) is 5.33. The zero-order valence-electron chi connectivity index (χ0n) is 5.33. The molecule has 2 heteroatoms. The predicted octanol–water partition coefficient (Wildman–Crippen LogP) is 0.855. The van der Waals surface area contributed by atoms with E-state index >= 15 is 0 Å². The number of methoxy groups -OCH3 is 1. The molecule has 0 aromatic rings. The fraction of sp³-hybridized carbons (Fsp3) is 0.286. The second-order valence-electron chi connectivity index (χ2n) is 1.36. The lowest BCUT2D eigenvalue weighted by Crippen LogP contribution is -1.78. The van der Waals surface area contributed by atoms with Crippen molar-refractivity contribution in [1.82, 2.24) is 0 Å². The van der Waals surface area contributed by atoms with Crippen molar-refractivity contribution in [2.24, 2.45) is 0 Å². The molecule has 0 amide bonds. The molecule has 0 saturated heterocycles. The van der Waals surface area contributed by atoms with Gasteiger partial charge < -0.3 is 4.74 Å². The summed E-state index contributed by atoms with van der Waals surface area (Å²) in [4.78, 5) is 9.56. The Morgan fingerprint density at radius 3 is 2.89 bits per heavy atom. The molecular weight excluding hydrogens is 116 g/mol. The molecular formula is C7H9O2. The van der Waals surface area contributed by atoms with E-state index < -0.39 is 0 Å². The maximum Gasteiger partial charge on any atom is 0.225 e. The molecule has 0 bridgehead atoms. The average molecular weight is 125 g/mol. The van der Waals surface area contributed by atoms with E-state index in [1.807, 2.05) is 0 Å². The second-order valence-corrected chi connectivity index (χ2v) is 1.36. The van der Waals surface area contributed by atoms with Crippen LogP contribution in [-0.4, -0.2) is 20.0 Å². The Labute approximate surface area is 54.8 Å². The number of carbonyl (C=O) groups excluding carboxylic acids is 1. The zero-order chi connectivity index (χ0) is 6.95. The molecule has 0 N–H and O–H groups in total. The van der Waals surface area contributed by atoms with Crippen molar-refractivity contribution in [2.75, 3.05) is 13.7 Å². The summed E-state index contributed by atoms with van der Waals surface area (Å²) >= 11 is 0. The maximum absolute atomic E-state index is 9.56. The molecule has 0 heterocycles. The van der Waals surface area contributed by atoms with Gasteiger partial charge in [0.2, 0.25) is 6.29 Å². The van der Waals surface area contributed by atoms with Crippen molar-refractivity contribution in [3.63, 3.8) is 0 Å². The van der Waals surface area contributed by atoms with E-state index in [0.29, 0.717) is 6.61 Å². The van der Waals surface area contributed by atoms with Crippen molar-refractivity contribution in [1.29, 1.82) is 0 Å². The van der Waals surface area contributed by atoms with Crippen molar-refractivity contribution >= 4 is 6.29 Å². The number of hydrogen-bond acceptors (Lipinski definition) is 2. The quantitative estimate of drug-likeness (QED) is 0.411. The van der Waals surface area contributed by atoms with Crippen LogP contribution in [0.2, 0.25) is 0 Å². The third-order valence-electron chi connectivity index (χ3n) is 0.674. The summed E-state index contributed by atoms with van der Waals surface area (Å²) in [6.07, 6.45) is 8.05. The first-order valence-electron chi connectivity index (χ1n) is 2.60. The number of ether oxygens (including phenoxy) is 1. The van der Waals surface area contributed by atoms with Crippen LogP contribution < -0.4 is 0 Å². The fourth-order valence-electron chi connectivity index (χ4n) is 0.325. The largest absolute Gasteiger partial charge is 0.381 e. The summed E-state index contributed by atoms with van der Waals surface area (Å²) < 4.78 is 4.70. The van der Waals surface area contributed by atoms with E-state index in [1.54, 1.807) is 31.6 Å². The Kier molecular flexibility index (Phi) is 6.41. The SMILES string of the molecule is COCC=CC=C[C]=O.